The molecule has 1 aliphatic rings. The maximum atomic E-state index is 11.2. The fourth-order valence-electron chi connectivity index (χ4n) is 2.19. The van der Waals surface area contributed by atoms with Gasteiger partial charge < -0.3 is 10.1 Å². The highest BCUT2D eigenvalue weighted by Crippen LogP contribution is 2.48. The molecule has 1 aromatic carbocycles. The molecule has 1 aliphatic carbocycles. The van der Waals surface area contributed by atoms with Crippen LogP contribution < -0.4 is 0 Å². The minimum Gasteiger partial charge on any atom is -0.481 e. The van der Waals surface area contributed by atoms with Gasteiger partial charge in [0.15, 0.2) is 0 Å². The van der Waals surface area contributed by atoms with Crippen LogP contribution in [0.3, 0.4) is 0 Å². The van der Waals surface area contributed by atoms with Gasteiger partial charge in [-0.3, -0.25) is 4.79 Å². The van der Waals surface area contributed by atoms with Gasteiger partial charge in [-0.05, 0) is 37.5 Å². The van der Waals surface area contributed by atoms with E-state index in [1.807, 2.05) is 25.1 Å². The molecule has 3 rings (SSSR count). The van der Waals surface area contributed by atoms with Gasteiger partial charge in [0.25, 0.3) is 0 Å². The maximum Gasteiger partial charge on any atom is 0.314 e. The van der Waals surface area contributed by atoms with Gasteiger partial charge in [0, 0.05) is 0 Å². The zero-order chi connectivity index (χ0) is 11.3. The number of carboxylic acids is 1. The molecule has 4 heteroatoms. The number of carbonyl (C=O) groups is 1. The number of nitrogens with zero attached hydrogens (tertiary/aromatic N) is 1. The topological polar surface area (TPSA) is 66.0 Å². The van der Waals surface area contributed by atoms with E-state index >= 15 is 0 Å². The van der Waals surface area contributed by atoms with E-state index < -0.39 is 11.4 Å². The van der Waals surface area contributed by atoms with Crippen LogP contribution in [-0.2, 0) is 10.2 Å². The smallest absolute Gasteiger partial charge is 0.314 e. The third kappa shape index (κ3) is 1.16. The normalized spacial score (nSPS) is 17.6. The Balaban J connectivity index is 2.15. The van der Waals surface area contributed by atoms with Gasteiger partial charge in [0.05, 0.1) is 16.4 Å². The van der Waals surface area contributed by atoms with Crippen LogP contribution in [0, 0.1) is 6.92 Å². The van der Waals surface area contributed by atoms with E-state index in [1.165, 1.54) is 0 Å². The molecular formula is C12H12N2O2. The van der Waals surface area contributed by atoms with Gasteiger partial charge >= 0.3 is 5.97 Å². The molecule has 1 saturated carbocycles. The molecule has 0 amide bonds. The zero-order valence-corrected chi connectivity index (χ0v) is 8.95. The standard InChI is InChI=1S/C12H12N2O2/c1-7-13-9-3-2-8(6-10(9)14-7)12(4-5-12)11(15)16/h2-3,6H,4-5H2,1H3,(H,13,14)(H,15,16). The van der Waals surface area contributed by atoms with Gasteiger partial charge in [0.2, 0.25) is 0 Å². The SMILES string of the molecule is Cc1nc2ccc(C3(C(=O)O)CC3)cc2[nH]1. The summed E-state index contributed by atoms with van der Waals surface area (Å²) in [4.78, 5) is 18.6. The minimum absolute atomic E-state index is 0.632. The van der Waals surface area contributed by atoms with Gasteiger partial charge in [-0.25, -0.2) is 4.98 Å². The fraction of sp³-hybridized carbons (Fsp3) is 0.333. The number of hydrogen-bond donors (Lipinski definition) is 2. The van der Waals surface area contributed by atoms with Crippen molar-refractivity contribution < 1.29 is 9.90 Å². The van der Waals surface area contributed by atoms with E-state index in [9.17, 15) is 9.90 Å². The molecule has 0 saturated heterocycles. The Hall–Kier alpha value is -1.84. The lowest BCUT2D eigenvalue weighted by Gasteiger charge is -2.09. The van der Waals surface area contributed by atoms with E-state index in [-0.39, 0.29) is 0 Å². The number of fused-ring (bicyclic) bond motifs is 1. The average molecular weight is 216 g/mol. The van der Waals surface area contributed by atoms with E-state index in [1.54, 1.807) is 0 Å². The van der Waals surface area contributed by atoms with Crippen molar-refractivity contribution in [3.05, 3.63) is 29.6 Å². The second-order valence-electron chi connectivity index (χ2n) is 4.44. The number of H-pyrrole nitrogens is 1. The van der Waals surface area contributed by atoms with Crippen molar-refractivity contribution in [2.45, 2.75) is 25.2 Å². The second-order valence-corrected chi connectivity index (χ2v) is 4.44. The van der Waals surface area contributed by atoms with Crippen LogP contribution in [0.4, 0.5) is 0 Å². The molecule has 2 aromatic rings. The first kappa shape index (κ1) is 9.39. The van der Waals surface area contributed by atoms with Gasteiger partial charge in [-0.1, -0.05) is 6.07 Å². The molecule has 0 unspecified atom stereocenters. The van der Waals surface area contributed by atoms with Gasteiger partial charge in [-0.2, -0.15) is 0 Å². The molecule has 1 heterocycles. The third-order valence-electron chi connectivity index (χ3n) is 3.31. The van der Waals surface area contributed by atoms with Gasteiger partial charge in [-0.15, -0.1) is 0 Å². The maximum absolute atomic E-state index is 11.2. The number of imidazole rings is 1. The largest absolute Gasteiger partial charge is 0.481 e. The molecule has 1 fully saturated rings. The predicted octanol–water partition coefficient (Wildman–Crippen LogP) is 1.99. The van der Waals surface area contributed by atoms with E-state index in [0.29, 0.717) is 0 Å². The fourth-order valence-corrected chi connectivity index (χ4v) is 2.19. The van der Waals surface area contributed by atoms with Crippen molar-refractivity contribution in [2.75, 3.05) is 0 Å². The number of benzene rings is 1. The van der Waals surface area contributed by atoms with E-state index in [0.717, 1.165) is 35.3 Å². The van der Waals surface area contributed by atoms with Crippen LogP contribution >= 0.6 is 0 Å². The van der Waals surface area contributed by atoms with Gasteiger partial charge in [0.1, 0.15) is 5.82 Å². The number of aryl methyl sites for hydroxylation is 1. The second kappa shape index (κ2) is 2.84. The van der Waals surface area contributed by atoms with Crippen molar-refractivity contribution in [1.82, 2.24) is 9.97 Å². The summed E-state index contributed by atoms with van der Waals surface area (Å²) < 4.78 is 0. The summed E-state index contributed by atoms with van der Waals surface area (Å²) in [5, 5.41) is 9.21. The number of aromatic nitrogens is 2. The quantitative estimate of drug-likeness (QED) is 0.806. The van der Waals surface area contributed by atoms with Crippen LogP contribution in [0.5, 0.6) is 0 Å². The number of rotatable bonds is 2. The minimum atomic E-state index is -0.719. The summed E-state index contributed by atoms with van der Waals surface area (Å²) in [6.45, 7) is 1.89. The summed E-state index contributed by atoms with van der Waals surface area (Å²) in [5.74, 6) is 0.135. The van der Waals surface area contributed by atoms with E-state index in [2.05, 4.69) is 9.97 Å². The number of nitrogens with one attached hydrogen (secondary N) is 1. The Kier molecular flexibility index (Phi) is 1.67. The Morgan fingerprint density at radius 1 is 1.50 bits per heavy atom. The van der Waals surface area contributed by atoms with Crippen LogP contribution in [0.15, 0.2) is 18.2 Å². The summed E-state index contributed by atoms with van der Waals surface area (Å²) >= 11 is 0. The average Bonchev–Trinajstić information content (AvgIpc) is 2.95. The first-order valence-corrected chi connectivity index (χ1v) is 5.32. The summed E-state index contributed by atoms with van der Waals surface area (Å²) in [6, 6.07) is 5.68. The molecule has 0 spiro atoms. The Labute approximate surface area is 92.3 Å². The highest BCUT2D eigenvalue weighted by Gasteiger charge is 2.51. The lowest BCUT2D eigenvalue weighted by Crippen LogP contribution is -2.19. The molecule has 82 valence electrons. The lowest BCUT2D eigenvalue weighted by molar-refractivity contribution is -0.140. The Morgan fingerprint density at radius 2 is 2.25 bits per heavy atom. The highest BCUT2D eigenvalue weighted by molar-refractivity contribution is 5.87. The van der Waals surface area contributed by atoms with Crippen molar-refractivity contribution in [3.63, 3.8) is 0 Å². The molecule has 0 atom stereocenters. The molecule has 0 bridgehead atoms. The van der Waals surface area contributed by atoms with Crippen molar-refractivity contribution in [1.29, 1.82) is 0 Å². The predicted molar refractivity (Wildman–Crippen MR) is 59.4 cm³/mol. The molecule has 1 aromatic heterocycles. The Morgan fingerprint density at radius 3 is 2.88 bits per heavy atom. The number of carboxylic acid groups (broad SMARTS) is 1. The van der Waals surface area contributed by atoms with Crippen LogP contribution in [0.2, 0.25) is 0 Å². The zero-order valence-electron chi connectivity index (χ0n) is 8.95. The van der Waals surface area contributed by atoms with E-state index in [4.69, 9.17) is 0 Å². The van der Waals surface area contributed by atoms with Crippen LogP contribution in [0.25, 0.3) is 11.0 Å². The number of aliphatic carboxylic acids is 1. The highest BCUT2D eigenvalue weighted by atomic mass is 16.4. The summed E-state index contributed by atoms with van der Waals surface area (Å²) in [6.07, 6.45) is 1.47. The lowest BCUT2D eigenvalue weighted by atomic mass is 9.96. The first-order chi connectivity index (χ1) is 7.62. The number of aromatic amines is 1. The van der Waals surface area contributed by atoms with Crippen molar-refractivity contribution >= 4 is 17.0 Å². The van der Waals surface area contributed by atoms with Crippen LogP contribution in [0.1, 0.15) is 24.2 Å². The first-order valence-electron chi connectivity index (χ1n) is 5.32. The Bertz CT molecular complexity index is 582. The molecule has 0 radical (unpaired) electrons. The van der Waals surface area contributed by atoms with Crippen molar-refractivity contribution in [2.24, 2.45) is 0 Å². The van der Waals surface area contributed by atoms with Crippen molar-refractivity contribution in [3.8, 4) is 0 Å². The molecule has 2 N–H and O–H groups in total. The van der Waals surface area contributed by atoms with Crippen LogP contribution in [-0.4, -0.2) is 21.0 Å². The third-order valence-corrected chi connectivity index (χ3v) is 3.31. The molecular weight excluding hydrogens is 204 g/mol. The number of hydrogen-bond acceptors (Lipinski definition) is 2. The molecule has 16 heavy (non-hydrogen) atoms. The summed E-state index contributed by atoms with van der Waals surface area (Å²) in [5.41, 5.74) is 2.06. The summed E-state index contributed by atoms with van der Waals surface area (Å²) in [7, 11) is 0. The molecule has 4 nitrogen and oxygen atoms in total. The monoisotopic (exact) mass is 216 g/mol. The molecule has 0 aliphatic heterocycles.